The molecule has 1 heterocycles. The first-order chi connectivity index (χ1) is 15.1. The van der Waals surface area contributed by atoms with Gasteiger partial charge in [0, 0.05) is 6.54 Å². The molecule has 2 N–H and O–H groups in total. The topological polar surface area (TPSA) is 80.3 Å². The third-order valence-corrected chi connectivity index (χ3v) is 5.50. The van der Waals surface area contributed by atoms with Gasteiger partial charge < -0.3 is 29.5 Å². The monoisotopic (exact) mass is 428 g/mol. The van der Waals surface area contributed by atoms with Gasteiger partial charge in [-0.05, 0) is 67.9 Å². The molecule has 7 nitrogen and oxygen atoms in total. The number of rotatable bonds is 11. The third-order valence-electron chi connectivity index (χ3n) is 5.50. The number of ether oxygens (including phenoxy) is 3. The molecule has 2 aromatic rings. The van der Waals surface area contributed by atoms with Crippen molar-refractivity contribution >= 4 is 5.91 Å². The van der Waals surface area contributed by atoms with E-state index in [0.717, 1.165) is 43.0 Å². The molecule has 1 aliphatic rings. The summed E-state index contributed by atoms with van der Waals surface area (Å²) < 4.78 is 16.0. The number of likely N-dealkylation sites (tertiary alicyclic amines) is 1. The maximum Gasteiger partial charge on any atom is 0.223 e. The van der Waals surface area contributed by atoms with E-state index < -0.39 is 12.1 Å². The molecule has 0 aliphatic carbocycles. The summed E-state index contributed by atoms with van der Waals surface area (Å²) in [6, 6.07) is 14.1. The first kappa shape index (κ1) is 22.9. The van der Waals surface area contributed by atoms with Crippen LogP contribution in [0.4, 0.5) is 0 Å². The zero-order valence-corrected chi connectivity index (χ0v) is 18.3. The number of aliphatic hydroxyl groups excluding tert-OH is 1. The van der Waals surface area contributed by atoms with E-state index in [9.17, 15) is 9.90 Å². The van der Waals surface area contributed by atoms with Gasteiger partial charge in [-0.15, -0.1) is 0 Å². The maximum absolute atomic E-state index is 12.6. The Morgan fingerprint density at radius 3 is 2.10 bits per heavy atom. The predicted octanol–water partition coefficient (Wildman–Crippen LogP) is 2.79. The van der Waals surface area contributed by atoms with Gasteiger partial charge in [0.1, 0.15) is 23.4 Å². The van der Waals surface area contributed by atoms with Gasteiger partial charge in [0.15, 0.2) is 0 Å². The molecule has 0 bridgehead atoms. The van der Waals surface area contributed by atoms with Crippen LogP contribution < -0.4 is 19.5 Å². The molecule has 0 aromatic heterocycles. The molecule has 1 aliphatic heterocycles. The number of benzene rings is 2. The second-order valence-electron chi connectivity index (χ2n) is 7.67. The van der Waals surface area contributed by atoms with E-state index >= 15 is 0 Å². The van der Waals surface area contributed by atoms with Crippen LogP contribution in [0.1, 0.15) is 30.9 Å². The molecule has 2 atom stereocenters. The Balaban J connectivity index is 1.56. The zero-order chi connectivity index (χ0) is 22.1. The van der Waals surface area contributed by atoms with E-state index in [1.54, 1.807) is 26.4 Å². The fourth-order valence-corrected chi connectivity index (χ4v) is 3.71. The summed E-state index contributed by atoms with van der Waals surface area (Å²) in [7, 11) is 3.22. The van der Waals surface area contributed by atoms with Crippen LogP contribution in [0.3, 0.4) is 0 Å². The average molecular weight is 429 g/mol. The molecular formula is C24H32N2O5. The van der Waals surface area contributed by atoms with E-state index in [0.29, 0.717) is 12.3 Å². The van der Waals surface area contributed by atoms with E-state index in [1.807, 2.05) is 36.4 Å². The molecule has 168 valence electrons. The lowest BCUT2D eigenvalue weighted by Crippen LogP contribution is -2.47. The fraction of sp³-hybridized carbons (Fsp3) is 0.458. The molecule has 3 rings (SSSR count). The van der Waals surface area contributed by atoms with Crippen LogP contribution >= 0.6 is 0 Å². The van der Waals surface area contributed by atoms with Gasteiger partial charge in [-0.1, -0.05) is 12.1 Å². The molecule has 1 amide bonds. The number of amides is 1. The number of methoxy groups -OCH3 is 2. The normalized spacial score (nSPS) is 15.8. The molecular weight excluding hydrogens is 396 g/mol. The molecule has 1 saturated heterocycles. The maximum atomic E-state index is 12.6. The standard InChI is InChI=1S/C24H32N2O5/c1-29-19-7-5-18(6-8-19)24(28)22(17-26-14-3-4-15-26)25-23(27)13-16-31-21-11-9-20(30-2)10-12-21/h5-12,22,24,28H,3-4,13-17H2,1-2H3,(H,25,27)/t22-,24-/m1/s1. The van der Waals surface area contributed by atoms with Crippen molar-refractivity contribution in [3.05, 3.63) is 54.1 Å². The van der Waals surface area contributed by atoms with Gasteiger partial charge in [-0.3, -0.25) is 4.79 Å². The van der Waals surface area contributed by atoms with E-state index in [2.05, 4.69) is 10.2 Å². The average Bonchev–Trinajstić information content (AvgIpc) is 3.32. The molecule has 0 spiro atoms. The molecule has 2 aromatic carbocycles. The minimum absolute atomic E-state index is 0.148. The van der Waals surface area contributed by atoms with Crippen LogP contribution in [0.15, 0.2) is 48.5 Å². The summed E-state index contributed by atoms with van der Waals surface area (Å²) in [6.45, 7) is 2.84. The molecule has 0 unspecified atom stereocenters. The van der Waals surface area contributed by atoms with E-state index in [1.165, 1.54) is 0 Å². The van der Waals surface area contributed by atoms with E-state index in [-0.39, 0.29) is 18.9 Å². The highest BCUT2D eigenvalue weighted by Crippen LogP contribution is 2.22. The Labute approximate surface area is 183 Å². The number of aliphatic hydroxyl groups is 1. The van der Waals surface area contributed by atoms with Crippen molar-refractivity contribution in [1.82, 2.24) is 10.2 Å². The lowest BCUT2D eigenvalue weighted by Gasteiger charge is -2.29. The van der Waals surface area contributed by atoms with Crippen LogP contribution in [0.25, 0.3) is 0 Å². The Hall–Kier alpha value is -2.77. The SMILES string of the molecule is COc1ccc(OCCC(=O)N[C@H](CN2CCCC2)[C@H](O)c2ccc(OC)cc2)cc1. The van der Waals surface area contributed by atoms with Crippen molar-refractivity contribution in [2.75, 3.05) is 40.5 Å². The Morgan fingerprint density at radius 2 is 1.52 bits per heavy atom. The second kappa shape index (κ2) is 11.6. The number of hydrogen-bond acceptors (Lipinski definition) is 6. The lowest BCUT2D eigenvalue weighted by atomic mass is 10.0. The second-order valence-corrected chi connectivity index (χ2v) is 7.67. The van der Waals surface area contributed by atoms with Gasteiger partial charge in [-0.25, -0.2) is 0 Å². The van der Waals surface area contributed by atoms with Crippen molar-refractivity contribution in [2.24, 2.45) is 0 Å². The quantitative estimate of drug-likeness (QED) is 0.573. The molecule has 1 fully saturated rings. The Kier molecular flexibility index (Phi) is 8.55. The summed E-state index contributed by atoms with van der Waals surface area (Å²) in [5, 5.41) is 14.0. The highest BCUT2D eigenvalue weighted by atomic mass is 16.5. The largest absolute Gasteiger partial charge is 0.497 e. The van der Waals surface area contributed by atoms with Gasteiger partial charge in [0.2, 0.25) is 5.91 Å². The van der Waals surface area contributed by atoms with Crippen molar-refractivity contribution in [1.29, 1.82) is 0 Å². The highest BCUT2D eigenvalue weighted by Gasteiger charge is 2.26. The minimum atomic E-state index is -0.807. The first-order valence-corrected chi connectivity index (χ1v) is 10.7. The lowest BCUT2D eigenvalue weighted by molar-refractivity contribution is -0.123. The molecule has 0 radical (unpaired) electrons. The number of carbonyl (C=O) groups is 1. The Bertz CT molecular complexity index is 804. The van der Waals surface area contributed by atoms with Crippen LogP contribution in [0.5, 0.6) is 17.2 Å². The summed E-state index contributed by atoms with van der Waals surface area (Å²) in [6.07, 6.45) is 1.69. The van der Waals surface area contributed by atoms with Crippen LogP contribution in [-0.2, 0) is 4.79 Å². The van der Waals surface area contributed by atoms with Crippen LogP contribution in [0.2, 0.25) is 0 Å². The van der Waals surface area contributed by atoms with Gasteiger partial charge in [0.25, 0.3) is 0 Å². The summed E-state index contributed by atoms with van der Waals surface area (Å²) in [4.78, 5) is 14.9. The molecule has 0 saturated carbocycles. The fourth-order valence-electron chi connectivity index (χ4n) is 3.71. The van der Waals surface area contributed by atoms with Crippen LogP contribution in [0, 0.1) is 0 Å². The third kappa shape index (κ3) is 6.87. The van der Waals surface area contributed by atoms with Crippen molar-refractivity contribution in [3.8, 4) is 17.2 Å². The predicted molar refractivity (Wildman–Crippen MR) is 119 cm³/mol. The van der Waals surface area contributed by atoms with Crippen molar-refractivity contribution in [3.63, 3.8) is 0 Å². The molecule has 31 heavy (non-hydrogen) atoms. The van der Waals surface area contributed by atoms with E-state index in [4.69, 9.17) is 14.2 Å². The summed E-state index contributed by atoms with van der Waals surface area (Å²) >= 11 is 0. The molecule has 7 heteroatoms. The summed E-state index contributed by atoms with van der Waals surface area (Å²) in [5.74, 6) is 2.01. The zero-order valence-electron chi connectivity index (χ0n) is 18.3. The highest BCUT2D eigenvalue weighted by molar-refractivity contribution is 5.76. The van der Waals surface area contributed by atoms with Crippen molar-refractivity contribution < 1.29 is 24.1 Å². The van der Waals surface area contributed by atoms with Gasteiger partial charge in [-0.2, -0.15) is 0 Å². The number of hydrogen-bond donors (Lipinski definition) is 2. The van der Waals surface area contributed by atoms with Crippen molar-refractivity contribution in [2.45, 2.75) is 31.4 Å². The van der Waals surface area contributed by atoms with Crippen LogP contribution in [-0.4, -0.2) is 62.4 Å². The number of nitrogens with one attached hydrogen (secondary N) is 1. The number of nitrogens with zero attached hydrogens (tertiary/aromatic N) is 1. The minimum Gasteiger partial charge on any atom is -0.497 e. The van der Waals surface area contributed by atoms with Gasteiger partial charge in [0.05, 0.1) is 33.3 Å². The smallest absolute Gasteiger partial charge is 0.223 e. The summed E-state index contributed by atoms with van der Waals surface area (Å²) in [5.41, 5.74) is 0.750. The number of carbonyl (C=O) groups excluding carboxylic acids is 1. The first-order valence-electron chi connectivity index (χ1n) is 10.7. The van der Waals surface area contributed by atoms with Gasteiger partial charge >= 0.3 is 0 Å². The Morgan fingerprint density at radius 1 is 0.968 bits per heavy atom.